The Bertz CT molecular complexity index is 983. The van der Waals surface area contributed by atoms with E-state index in [0.717, 1.165) is 48.3 Å². The molecule has 2 fully saturated rings. The third-order valence-electron chi connectivity index (χ3n) is 6.97. The highest BCUT2D eigenvalue weighted by atomic mass is 32.2. The van der Waals surface area contributed by atoms with Crippen LogP contribution in [0.2, 0.25) is 0 Å². The molecule has 2 heterocycles. The second-order valence-electron chi connectivity index (χ2n) is 8.82. The van der Waals surface area contributed by atoms with Crippen LogP contribution in [0.4, 0.5) is 4.39 Å². The molecule has 2 aromatic rings. The van der Waals surface area contributed by atoms with Crippen molar-refractivity contribution in [3.05, 3.63) is 65.5 Å². The number of carbonyl (C=O) groups excluding carboxylic acids is 2. The zero-order valence-corrected chi connectivity index (χ0v) is 18.2. The maximum Gasteiger partial charge on any atom is 0.254 e. The Morgan fingerprint density at radius 3 is 2.68 bits per heavy atom. The summed E-state index contributed by atoms with van der Waals surface area (Å²) in [7, 11) is 0. The Hall–Kier alpha value is -2.34. The molecule has 31 heavy (non-hydrogen) atoms. The second-order valence-corrected chi connectivity index (χ2v) is 9.96. The fourth-order valence-corrected chi connectivity index (χ4v) is 6.60. The van der Waals surface area contributed by atoms with Crippen molar-refractivity contribution >= 4 is 23.6 Å². The van der Waals surface area contributed by atoms with E-state index in [-0.39, 0.29) is 29.7 Å². The molecule has 1 saturated heterocycles. The van der Waals surface area contributed by atoms with E-state index in [1.807, 2.05) is 35.2 Å². The maximum atomic E-state index is 13.9. The van der Waals surface area contributed by atoms with Crippen LogP contribution in [0, 0.1) is 11.7 Å². The first-order valence-electron chi connectivity index (χ1n) is 11.2. The first-order valence-corrected chi connectivity index (χ1v) is 12.2. The molecule has 2 aromatic carbocycles. The zero-order valence-electron chi connectivity index (χ0n) is 17.4. The molecule has 4 atom stereocenters. The van der Waals surface area contributed by atoms with Crippen molar-refractivity contribution in [2.75, 3.05) is 5.75 Å². The third kappa shape index (κ3) is 3.98. The van der Waals surface area contributed by atoms with Crippen molar-refractivity contribution in [3.8, 4) is 0 Å². The first-order chi connectivity index (χ1) is 15.1. The number of halogens is 1. The van der Waals surface area contributed by atoms with E-state index in [0.29, 0.717) is 17.9 Å². The number of rotatable bonds is 3. The van der Waals surface area contributed by atoms with Crippen molar-refractivity contribution in [3.63, 3.8) is 0 Å². The number of amides is 2. The smallest absolute Gasteiger partial charge is 0.254 e. The molecule has 1 N–H and O–H groups in total. The fourth-order valence-electron chi connectivity index (χ4n) is 5.50. The lowest BCUT2D eigenvalue weighted by Gasteiger charge is -2.34. The summed E-state index contributed by atoms with van der Waals surface area (Å²) in [6, 6.07) is 13.5. The fraction of sp³-hybridized carbons (Fsp3) is 0.440. The summed E-state index contributed by atoms with van der Waals surface area (Å²) in [5.74, 6) is 0.815. The summed E-state index contributed by atoms with van der Waals surface area (Å²) >= 11 is 1.70. The van der Waals surface area contributed by atoms with Crippen LogP contribution < -0.4 is 5.32 Å². The van der Waals surface area contributed by atoms with Crippen LogP contribution in [0.3, 0.4) is 0 Å². The summed E-state index contributed by atoms with van der Waals surface area (Å²) < 4.78 is 13.9. The molecule has 5 rings (SSSR count). The number of benzene rings is 2. The van der Waals surface area contributed by atoms with Gasteiger partial charge < -0.3 is 10.2 Å². The van der Waals surface area contributed by atoms with E-state index in [1.54, 1.807) is 17.8 Å². The Morgan fingerprint density at radius 2 is 1.84 bits per heavy atom. The molecule has 1 aliphatic carbocycles. The Labute approximate surface area is 186 Å². The van der Waals surface area contributed by atoms with Crippen molar-refractivity contribution in [2.45, 2.75) is 61.5 Å². The minimum Gasteiger partial charge on any atom is -0.347 e. The summed E-state index contributed by atoms with van der Waals surface area (Å²) in [6.45, 7) is 0. The number of hydrogen-bond acceptors (Lipinski definition) is 3. The van der Waals surface area contributed by atoms with Gasteiger partial charge in [-0.1, -0.05) is 31.0 Å². The topological polar surface area (TPSA) is 49.4 Å². The number of nitrogens with one attached hydrogen (secondary N) is 1. The zero-order chi connectivity index (χ0) is 21.4. The van der Waals surface area contributed by atoms with Crippen molar-refractivity contribution in [2.24, 2.45) is 5.92 Å². The van der Waals surface area contributed by atoms with Crippen molar-refractivity contribution in [1.29, 1.82) is 0 Å². The number of hydrogen-bond donors (Lipinski definition) is 1. The van der Waals surface area contributed by atoms with Crippen LogP contribution in [-0.4, -0.2) is 34.6 Å². The predicted molar refractivity (Wildman–Crippen MR) is 119 cm³/mol. The van der Waals surface area contributed by atoms with E-state index in [9.17, 15) is 14.0 Å². The van der Waals surface area contributed by atoms with E-state index in [4.69, 9.17) is 0 Å². The molecule has 6 heteroatoms. The lowest BCUT2D eigenvalue weighted by molar-refractivity contribution is -0.126. The Kier molecular flexibility index (Phi) is 5.74. The number of nitrogens with zero attached hydrogens (tertiary/aromatic N) is 1. The Balaban J connectivity index is 1.41. The quantitative estimate of drug-likeness (QED) is 0.738. The Morgan fingerprint density at radius 1 is 1.03 bits per heavy atom. The maximum absolute atomic E-state index is 13.9. The predicted octanol–water partition coefficient (Wildman–Crippen LogP) is 4.95. The van der Waals surface area contributed by atoms with Gasteiger partial charge in [0.2, 0.25) is 5.91 Å². The number of likely N-dealkylation sites (tertiary alicyclic amines) is 1. The van der Waals surface area contributed by atoms with Crippen LogP contribution in [0.25, 0.3) is 0 Å². The van der Waals surface area contributed by atoms with Crippen molar-refractivity contribution < 1.29 is 14.0 Å². The van der Waals surface area contributed by atoms with E-state index >= 15 is 0 Å². The summed E-state index contributed by atoms with van der Waals surface area (Å²) in [5.41, 5.74) is 1.48. The summed E-state index contributed by atoms with van der Waals surface area (Å²) in [4.78, 5) is 29.8. The van der Waals surface area contributed by atoms with Crippen molar-refractivity contribution in [1.82, 2.24) is 10.2 Å². The molecule has 0 spiro atoms. The summed E-state index contributed by atoms with van der Waals surface area (Å²) in [5, 5.41) is 3.18. The van der Waals surface area contributed by atoms with E-state index < -0.39 is 6.04 Å². The van der Waals surface area contributed by atoms with Crippen LogP contribution in [0.5, 0.6) is 0 Å². The molecule has 2 aliphatic heterocycles. The highest BCUT2D eigenvalue weighted by Gasteiger charge is 2.47. The molecule has 0 bridgehead atoms. The number of thioether (sulfide) groups is 1. The van der Waals surface area contributed by atoms with Gasteiger partial charge in [0, 0.05) is 22.3 Å². The molecule has 3 aliphatic rings. The average Bonchev–Trinajstić information content (AvgIpc) is 3.19. The van der Waals surface area contributed by atoms with Gasteiger partial charge in [-0.05, 0) is 67.5 Å². The second kappa shape index (κ2) is 8.65. The number of carbonyl (C=O) groups is 2. The van der Waals surface area contributed by atoms with E-state index in [2.05, 4.69) is 5.32 Å². The molecule has 4 nitrogen and oxygen atoms in total. The standard InChI is InChI=1S/C25H27FN2O2S/c26-18-10-11-23-19(15-18)20(12-13-31-23)27-24(29)22-14-17-8-4-5-9-21(17)28(22)25(30)16-6-2-1-3-7-16/h1-3,6-7,10-11,15,17,20-22H,4-5,8-9,12-14H2,(H,27,29). The average molecular weight is 439 g/mol. The van der Waals surface area contributed by atoms with Gasteiger partial charge in [0.15, 0.2) is 0 Å². The van der Waals surface area contributed by atoms with Crippen LogP contribution in [-0.2, 0) is 4.79 Å². The minimum atomic E-state index is -0.465. The normalized spacial score (nSPS) is 27.3. The van der Waals surface area contributed by atoms with Gasteiger partial charge >= 0.3 is 0 Å². The molecule has 4 unspecified atom stereocenters. The van der Waals surface area contributed by atoms with Gasteiger partial charge in [0.25, 0.3) is 5.91 Å². The lowest BCUT2D eigenvalue weighted by atomic mass is 9.84. The molecule has 162 valence electrons. The molecule has 2 amide bonds. The van der Waals surface area contributed by atoms with Gasteiger partial charge in [0.1, 0.15) is 11.9 Å². The molecular weight excluding hydrogens is 411 g/mol. The highest BCUT2D eigenvalue weighted by Crippen LogP contribution is 2.41. The van der Waals surface area contributed by atoms with Gasteiger partial charge in [-0.3, -0.25) is 9.59 Å². The molecule has 1 saturated carbocycles. The van der Waals surface area contributed by atoms with Gasteiger partial charge in [-0.2, -0.15) is 0 Å². The third-order valence-corrected chi connectivity index (χ3v) is 8.10. The largest absolute Gasteiger partial charge is 0.347 e. The molecular formula is C25H27FN2O2S. The minimum absolute atomic E-state index is 0.0548. The van der Waals surface area contributed by atoms with Crippen LogP contribution >= 0.6 is 11.8 Å². The highest BCUT2D eigenvalue weighted by molar-refractivity contribution is 7.99. The van der Waals surface area contributed by atoms with E-state index in [1.165, 1.54) is 12.1 Å². The first kappa shape index (κ1) is 20.6. The van der Waals surface area contributed by atoms with Crippen LogP contribution in [0.15, 0.2) is 53.4 Å². The number of fused-ring (bicyclic) bond motifs is 2. The molecule has 0 aromatic heterocycles. The lowest BCUT2D eigenvalue weighted by Crippen LogP contribution is -2.50. The SMILES string of the molecule is O=C(NC1CCSc2ccc(F)cc21)C1CC2CCCCC2N1C(=O)c1ccccc1. The molecule has 0 radical (unpaired) electrons. The monoisotopic (exact) mass is 438 g/mol. The summed E-state index contributed by atoms with van der Waals surface area (Å²) in [6.07, 6.45) is 5.77. The van der Waals surface area contributed by atoms with Crippen LogP contribution in [0.1, 0.15) is 60.5 Å². The van der Waals surface area contributed by atoms with Gasteiger partial charge in [-0.25, -0.2) is 4.39 Å². The van der Waals surface area contributed by atoms with Gasteiger partial charge in [-0.15, -0.1) is 11.8 Å². The van der Waals surface area contributed by atoms with Gasteiger partial charge in [0.05, 0.1) is 6.04 Å².